The maximum absolute atomic E-state index is 11.1. The first-order valence-electron chi connectivity index (χ1n) is 8.04. The van der Waals surface area contributed by atoms with Gasteiger partial charge in [0, 0.05) is 0 Å². The Balaban J connectivity index is 0.00000191. The molecule has 0 amide bonds. The molecule has 0 saturated heterocycles. The van der Waals surface area contributed by atoms with Crippen LogP contribution in [0, 0.1) is 0 Å². The van der Waals surface area contributed by atoms with Crippen LogP contribution < -0.4 is 4.74 Å². The standard InChI is InChI=1S/C16H24O3.C2H6/c1-3-4-5-6-7-12-19-15-10-8-14(9-11-15)13-16(17)18-2;1-2/h8-11H,3-7,12-13H2,1-2H3;1-2H3. The number of carbonyl (C=O) groups is 1. The first kappa shape index (κ1) is 19.5. The van der Waals surface area contributed by atoms with E-state index in [0.29, 0.717) is 6.42 Å². The zero-order chi connectivity index (χ0) is 15.9. The van der Waals surface area contributed by atoms with Gasteiger partial charge in [0.1, 0.15) is 5.75 Å². The molecule has 0 N–H and O–H groups in total. The van der Waals surface area contributed by atoms with Crippen LogP contribution in [-0.4, -0.2) is 19.7 Å². The molecule has 1 aromatic rings. The van der Waals surface area contributed by atoms with Gasteiger partial charge in [0.15, 0.2) is 0 Å². The zero-order valence-electron chi connectivity index (χ0n) is 14.0. The molecule has 0 aromatic heterocycles. The largest absolute Gasteiger partial charge is 0.494 e. The Kier molecular flexibility index (Phi) is 12.5. The number of benzene rings is 1. The molecular weight excluding hydrogens is 264 g/mol. The average molecular weight is 294 g/mol. The Morgan fingerprint density at radius 3 is 2.19 bits per heavy atom. The number of rotatable bonds is 9. The van der Waals surface area contributed by atoms with E-state index in [-0.39, 0.29) is 5.97 Å². The third kappa shape index (κ3) is 9.94. The summed E-state index contributed by atoms with van der Waals surface area (Å²) in [5.41, 5.74) is 0.946. The van der Waals surface area contributed by atoms with Crippen molar-refractivity contribution in [2.75, 3.05) is 13.7 Å². The lowest BCUT2D eigenvalue weighted by Gasteiger charge is -2.07. The normalized spacial score (nSPS) is 9.52. The second kappa shape index (κ2) is 13.5. The maximum Gasteiger partial charge on any atom is 0.309 e. The summed E-state index contributed by atoms with van der Waals surface area (Å²) in [7, 11) is 1.40. The molecule has 3 heteroatoms. The van der Waals surface area contributed by atoms with Crippen molar-refractivity contribution in [3.8, 4) is 5.75 Å². The molecule has 0 aliphatic rings. The predicted octanol–water partition coefficient (Wildman–Crippen LogP) is 4.78. The number of hydrogen-bond donors (Lipinski definition) is 0. The van der Waals surface area contributed by atoms with Gasteiger partial charge in [0.2, 0.25) is 0 Å². The molecule has 0 heterocycles. The minimum absolute atomic E-state index is 0.218. The first-order chi connectivity index (χ1) is 10.3. The fourth-order valence-electron chi connectivity index (χ4n) is 1.84. The molecule has 0 atom stereocenters. The smallest absolute Gasteiger partial charge is 0.309 e. The van der Waals surface area contributed by atoms with Crippen LogP contribution in [0.15, 0.2) is 24.3 Å². The van der Waals surface area contributed by atoms with Crippen LogP contribution in [0.5, 0.6) is 5.75 Å². The minimum Gasteiger partial charge on any atom is -0.494 e. The Morgan fingerprint density at radius 2 is 1.62 bits per heavy atom. The van der Waals surface area contributed by atoms with Crippen LogP contribution >= 0.6 is 0 Å². The topological polar surface area (TPSA) is 35.5 Å². The average Bonchev–Trinajstić information content (AvgIpc) is 2.54. The fourth-order valence-corrected chi connectivity index (χ4v) is 1.84. The SMILES string of the molecule is CC.CCCCCCCOc1ccc(CC(=O)OC)cc1. The summed E-state index contributed by atoms with van der Waals surface area (Å²) in [5.74, 6) is 0.647. The molecule has 0 unspecified atom stereocenters. The number of carbonyl (C=O) groups excluding carboxylic acids is 1. The highest BCUT2D eigenvalue weighted by molar-refractivity contribution is 5.72. The molecule has 3 nitrogen and oxygen atoms in total. The van der Waals surface area contributed by atoms with Gasteiger partial charge in [-0.05, 0) is 24.1 Å². The van der Waals surface area contributed by atoms with Gasteiger partial charge in [-0.15, -0.1) is 0 Å². The lowest BCUT2D eigenvalue weighted by atomic mass is 10.1. The summed E-state index contributed by atoms with van der Waals surface area (Å²) < 4.78 is 10.3. The van der Waals surface area contributed by atoms with Crippen LogP contribution in [0.1, 0.15) is 58.4 Å². The van der Waals surface area contributed by atoms with Gasteiger partial charge in [0.05, 0.1) is 20.1 Å². The van der Waals surface area contributed by atoms with Gasteiger partial charge < -0.3 is 9.47 Å². The summed E-state index contributed by atoms with van der Waals surface area (Å²) in [6, 6.07) is 7.63. The highest BCUT2D eigenvalue weighted by Gasteiger charge is 2.02. The molecule has 0 aliphatic carbocycles. The summed E-state index contributed by atoms with van der Waals surface area (Å²) in [4.78, 5) is 11.1. The number of methoxy groups -OCH3 is 1. The van der Waals surface area contributed by atoms with Gasteiger partial charge in [-0.25, -0.2) is 0 Å². The zero-order valence-corrected chi connectivity index (χ0v) is 14.0. The Morgan fingerprint density at radius 1 is 1.00 bits per heavy atom. The first-order valence-corrected chi connectivity index (χ1v) is 8.04. The van der Waals surface area contributed by atoms with Crippen molar-refractivity contribution in [2.45, 2.75) is 59.3 Å². The molecule has 0 radical (unpaired) electrons. The number of esters is 1. The molecule has 0 saturated carbocycles. The molecule has 0 spiro atoms. The molecular formula is C18H30O3. The van der Waals surface area contributed by atoms with Crippen molar-refractivity contribution in [1.82, 2.24) is 0 Å². The highest BCUT2D eigenvalue weighted by Crippen LogP contribution is 2.13. The number of hydrogen-bond acceptors (Lipinski definition) is 3. The molecule has 120 valence electrons. The lowest BCUT2D eigenvalue weighted by Crippen LogP contribution is -2.04. The highest BCUT2D eigenvalue weighted by atomic mass is 16.5. The Bertz CT molecular complexity index is 357. The predicted molar refractivity (Wildman–Crippen MR) is 87.8 cm³/mol. The van der Waals surface area contributed by atoms with E-state index < -0.39 is 0 Å². The molecule has 0 aliphatic heterocycles. The van der Waals surface area contributed by atoms with Gasteiger partial charge >= 0.3 is 5.97 Å². The van der Waals surface area contributed by atoms with Gasteiger partial charge in [-0.2, -0.15) is 0 Å². The van der Waals surface area contributed by atoms with Crippen molar-refractivity contribution < 1.29 is 14.3 Å². The fraction of sp³-hybridized carbons (Fsp3) is 0.611. The third-order valence-electron chi connectivity index (χ3n) is 3.02. The van der Waals surface area contributed by atoms with E-state index >= 15 is 0 Å². The van der Waals surface area contributed by atoms with Crippen molar-refractivity contribution in [2.24, 2.45) is 0 Å². The molecule has 0 bridgehead atoms. The maximum atomic E-state index is 11.1. The van der Waals surface area contributed by atoms with E-state index in [9.17, 15) is 4.79 Å². The molecule has 21 heavy (non-hydrogen) atoms. The van der Waals surface area contributed by atoms with Crippen LogP contribution in [0.25, 0.3) is 0 Å². The van der Waals surface area contributed by atoms with E-state index in [2.05, 4.69) is 11.7 Å². The van der Waals surface area contributed by atoms with Crippen LogP contribution in [0.2, 0.25) is 0 Å². The van der Waals surface area contributed by atoms with Gasteiger partial charge in [-0.3, -0.25) is 4.79 Å². The van der Waals surface area contributed by atoms with Crippen LogP contribution in [-0.2, 0) is 16.0 Å². The Labute approximate surface area is 129 Å². The summed E-state index contributed by atoms with van der Waals surface area (Å²) >= 11 is 0. The second-order valence-electron chi connectivity index (χ2n) is 4.66. The quantitative estimate of drug-likeness (QED) is 0.486. The molecule has 1 aromatic carbocycles. The van der Waals surface area contributed by atoms with E-state index in [1.54, 1.807) is 0 Å². The summed E-state index contributed by atoms with van der Waals surface area (Å²) in [6.07, 6.45) is 6.51. The van der Waals surface area contributed by atoms with Crippen molar-refractivity contribution in [3.05, 3.63) is 29.8 Å². The monoisotopic (exact) mass is 294 g/mol. The van der Waals surface area contributed by atoms with Gasteiger partial charge in [-0.1, -0.05) is 58.6 Å². The summed E-state index contributed by atoms with van der Waals surface area (Å²) in [5, 5.41) is 0. The van der Waals surface area contributed by atoms with Gasteiger partial charge in [0.25, 0.3) is 0 Å². The van der Waals surface area contributed by atoms with E-state index in [1.807, 2.05) is 38.1 Å². The summed E-state index contributed by atoms with van der Waals surface area (Å²) in [6.45, 7) is 6.98. The minimum atomic E-state index is -0.218. The Hall–Kier alpha value is -1.51. The second-order valence-corrected chi connectivity index (χ2v) is 4.66. The molecule has 1 rings (SSSR count). The van der Waals surface area contributed by atoms with Crippen molar-refractivity contribution in [3.63, 3.8) is 0 Å². The van der Waals surface area contributed by atoms with E-state index in [1.165, 1.54) is 32.8 Å². The molecule has 0 fully saturated rings. The number of ether oxygens (including phenoxy) is 2. The van der Waals surface area contributed by atoms with E-state index in [0.717, 1.165) is 24.3 Å². The van der Waals surface area contributed by atoms with Crippen LogP contribution in [0.4, 0.5) is 0 Å². The van der Waals surface area contributed by atoms with Crippen molar-refractivity contribution in [1.29, 1.82) is 0 Å². The van der Waals surface area contributed by atoms with Crippen molar-refractivity contribution >= 4 is 5.97 Å². The van der Waals surface area contributed by atoms with E-state index in [4.69, 9.17) is 4.74 Å². The third-order valence-corrected chi connectivity index (χ3v) is 3.02. The number of unbranched alkanes of at least 4 members (excludes halogenated alkanes) is 4. The lowest BCUT2D eigenvalue weighted by molar-refractivity contribution is -0.139. The van der Waals surface area contributed by atoms with Crippen LogP contribution in [0.3, 0.4) is 0 Å².